The van der Waals surface area contributed by atoms with E-state index in [9.17, 15) is 0 Å². The van der Waals surface area contributed by atoms with Crippen molar-refractivity contribution in [3.63, 3.8) is 0 Å². The molecule has 52 heavy (non-hydrogen) atoms. The monoisotopic (exact) mass is 770 g/mol. The van der Waals surface area contributed by atoms with Crippen LogP contribution in [0.25, 0.3) is 0 Å². The summed E-state index contributed by atoms with van der Waals surface area (Å²) in [5, 5.41) is 0. The van der Waals surface area contributed by atoms with E-state index in [1.54, 1.807) is 69.6 Å². The minimum absolute atomic E-state index is 0.0742. The topological polar surface area (TPSA) is 185 Å². The molecule has 0 N–H and O–H groups in total. The van der Waals surface area contributed by atoms with Gasteiger partial charge in [-0.2, -0.15) is 0 Å². The molecule has 0 saturated carbocycles. The van der Waals surface area contributed by atoms with Crippen LogP contribution < -0.4 is 0 Å². The van der Waals surface area contributed by atoms with Gasteiger partial charge in [0.05, 0.1) is 12.7 Å². The average Bonchev–Trinajstić information content (AvgIpc) is 3.08. The van der Waals surface area contributed by atoms with Crippen LogP contribution in [0.3, 0.4) is 0 Å². The highest BCUT2D eigenvalue weighted by molar-refractivity contribution is 4.49. The second kappa shape index (κ2) is 34.7. The van der Waals surface area contributed by atoms with Crippen molar-refractivity contribution >= 4 is 0 Å². The Bertz CT molecular complexity index is 759. The lowest BCUT2D eigenvalue weighted by molar-refractivity contribution is -0.415. The lowest BCUT2D eigenvalue weighted by Crippen LogP contribution is -2.26. The number of rotatable bonds is 39. The van der Waals surface area contributed by atoms with Crippen LogP contribution in [-0.2, 0) is 97.5 Å². The van der Waals surface area contributed by atoms with E-state index in [-0.39, 0.29) is 77.3 Å². The smallest absolute Gasteiger partial charge is 0.117 e. The third kappa shape index (κ3) is 33.7. The van der Waals surface area contributed by atoms with E-state index in [0.29, 0.717) is 13.2 Å². The van der Waals surface area contributed by atoms with Gasteiger partial charge in [-0.15, -0.1) is 0 Å². The molecule has 0 aromatic rings. The van der Waals surface area contributed by atoms with E-state index in [0.717, 1.165) is 0 Å². The van der Waals surface area contributed by atoms with Gasteiger partial charge in [0.25, 0.3) is 0 Å². The third-order valence-electron chi connectivity index (χ3n) is 5.62. The van der Waals surface area contributed by atoms with Gasteiger partial charge >= 0.3 is 0 Å². The number of methoxy groups -OCH3 is 2. The minimum Gasteiger partial charge on any atom is -0.382 e. The van der Waals surface area contributed by atoms with Gasteiger partial charge in [0.2, 0.25) is 0 Å². The molecular weight excluding hydrogens is 704 g/mol. The molecule has 10 unspecified atom stereocenters. The van der Waals surface area contributed by atoms with Gasteiger partial charge in [0, 0.05) is 14.2 Å². The normalized spacial score (nSPS) is 18.0. The minimum atomic E-state index is -0.439. The second-order valence-electron chi connectivity index (χ2n) is 12.2. The van der Waals surface area contributed by atoms with Crippen LogP contribution in [0.1, 0.15) is 69.2 Å². The molecule has 0 aliphatic carbocycles. The molecule has 0 aromatic heterocycles. The summed E-state index contributed by atoms with van der Waals surface area (Å²) in [4.78, 5) is 93.2. The Morgan fingerprint density at radius 2 is 0.385 bits per heavy atom. The summed E-state index contributed by atoms with van der Waals surface area (Å²) in [5.74, 6) is 0. The second-order valence-corrected chi connectivity index (χ2v) is 12.2. The Morgan fingerprint density at radius 3 is 0.538 bits per heavy atom. The zero-order valence-corrected chi connectivity index (χ0v) is 33.0. The number of hydrogen-bond donors (Lipinski definition) is 0. The zero-order valence-electron chi connectivity index (χ0n) is 33.0. The first-order chi connectivity index (χ1) is 24.9. The largest absolute Gasteiger partial charge is 0.382 e. The summed E-state index contributed by atoms with van der Waals surface area (Å²) >= 11 is 0. The third-order valence-corrected chi connectivity index (χ3v) is 5.62. The summed E-state index contributed by atoms with van der Waals surface area (Å²) < 4.78 is 10.0. The first-order valence-electron chi connectivity index (χ1n) is 17.4. The summed E-state index contributed by atoms with van der Waals surface area (Å²) in [6.07, 6.45) is -3.52. The molecule has 0 rings (SSSR count). The fraction of sp³-hybridized carbons (Fsp3) is 1.00. The molecule has 0 bridgehead atoms. The van der Waals surface area contributed by atoms with Gasteiger partial charge in [-0.3, -0.25) is 0 Å². The van der Waals surface area contributed by atoms with Gasteiger partial charge in [-0.05, 0) is 69.2 Å². The quantitative estimate of drug-likeness (QED) is 0.0650. The molecule has 10 atom stereocenters. The van der Waals surface area contributed by atoms with Crippen LogP contribution in [0.5, 0.6) is 0 Å². The van der Waals surface area contributed by atoms with Crippen molar-refractivity contribution in [2.45, 2.75) is 130 Å². The summed E-state index contributed by atoms with van der Waals surface area (Å²) in [5.41, 5.74) is 0. The molecule has 0 amide bonds. The average molecular weight is 771 g/mol. The van der Waals surface area contributed by atoms with E-state index >= 15 is 0 Å². The first-order valence-corrected chi connectivity index (χ1v) is 17.4. The first kappa shape index (κ1) is 51.2. The molecule has 0 radical (unpaired) electrons. The molecule has 0 aliphatic rings. The molecule has 20 heteroatoms. The van der Waals surface area contributed by atoms with Crippen molar-refractivity contribution in [2.75, 3.05) is 80.3 Å². The lowest BCUT2D eigenvalue weighted by Gasteiger charge is -2.18. The van der Waals surface area contributed by atoms with Crippen molar-refractivity contribution in [2.24, 2.45) is 0 Å². The maximum absolute atomic E-state index is 5.25. The van der Waals surface area contributed by atoms with Crippen molar-refractivity contribution < 1.29 is 97.5 Å². The van der Waals surface area contributed by atoms with Crippen molar-refractivity contribution in [1.82, 2.24) is 0 Å². The maximum atomic E-state index is 5.25. The molecule has 0 aromatic carbocycles. The van der Waals surface area contributed by atoms with E-state index in [1.807, 2.05) is 13.8 Å². The van der Waals surface area contributed by atoms with Crippen molar-refractivity contribution in [1.29, 1.82) is 0 Å². The standard InChI is InChI=1S/C32H66O20/c1-23(34-12)14-35-45-25(3)16-37-47-27(5)18-39-49-29(7)20-41-51-31(9)22-43-52-32(10)21-42-50-30(8)19-40-48-28(6)17-38-46-26(4)15-36-44-24(2)13-33-11/h23-32H,13-22H2,1-12H3. The molecule has 0 heterocycles. The van der Waals surface area contributed by atoms with E-state index in [4.69, 9.17) is 97.5 Å². The maximum Gasteiger partial charge on any atom is 0.117 e. The van der Waals surface area contributed by atoms with Crippen LogP contribution in [0.2, 0.25) is 0 Å². The Labute approximate surface area is 308 Å². The van der Waals surface area contributed by atoms with E-state index < -0.39 is 36.6 Å². The molecule has 20 nitrogen and oxygen atoms in total. The van der Waals surface area contributed by atoms with Crippen LogP contribution in [-0.4, -0.2) is 141 Å². The highest BCUT2D eigenvalue weighted by Crippen LogP contribution is 2.05. The van der Waals surface area contributed by atoms with Crippen molar-refractivity contribution in [3.8, 4) is 0 Å². The fourth-order valence-corrected chi connectivity index (χ4v) is 2.81. The molecule has 0 spiro atoms. The summed E-state index contributed by atoms with van der Waals surface area (Å²) in [6.45, 7) is 19.4. The summed E-state index contributed by atoms with van der Waals surface area (Å²) in [7, 11) is 3.18. The Kier molecular flexibility index (Phi) is 34.1. The fourth-order valence-electron chi connectivity index (χ4n) is 2.81. The molecule has 0 fully saturated rings. The highest BCUT2D eigenvalue weighted by atomic mass is 17.3. The van der Waals surface area contributed by atoms with Crippen LogP contribution in [0.4, 0.5) is 0 Å². The van der Waals surface area contributed by atoms with Gasteiger partial charge in [0.1, 0.15) is 114 Å². The highest BCUT2D eigenvalue weighted by Gasteiger charge is 2.15. The van der Waals surface area contributed by atoms with Crippen LogP contribution in [0, 0.1) is 0 Å². The SMILES string of the molecule is COCC(C)OOCC(C)OOCC(C)OOCC(C)OOCC(C)OOCC(C)OOCC(C)OOCC(C)OOCC(C)OOCC(C)OC. The lowest BCUT2D eigenvalue weighted by atomic mass is 10.4. The Morgan fingerprint density at radius 1 is 0.231 bits per heavy atom. The number of hydrogen-bond acceptors (Lipinski definition) is 20. The molecule has 314 valence electrons. The molecular formula is C32H66O20. The number of ether oxygens (including phenoxy) is 2. The Balaban J connectivity index is 3.72. The summed E-state index contributed by atoms with van der Waals surface area (Å²) in [6, 6.07) is 0. The van der Waals surface area contributed by atoms with Crippen LogP contribution in [0.15, 0.2) is 0 Å². The van der Waals surface area contributed by atoms with Crippen LogP contribution >= 0.6 is 0 Å². The van der Waals surface area contributed by atoms with Crippen molar-refractivity contribution in [3.05, 3.63) is 0 Å². The zero-order chi connectivity index (χ0) is 39.0. The van der Waals surface area contributed by atoms with Gasteiger partial charge in [0.15, 0.2) is 0 Å². The predicted octanol–water partition coefficient (Wildman–Crippen LogP) is 3.70. The van der Waals surface area contributed by atoms with E-state index in [2.05, 4.69) is 0 Å². The molecule has 0 saturated heterocycles. The van der Waals surface area contributed by atoms with Gasteiger partial charge < -0.3 is 9.47 Å². The predicted molar refractivity (Wildman–Crippen MR) is 177 cm³/mol. The van der Waals surface area contributed by atoms with Gasteiger partial charge in [-0.1, -0.05) is 0 Å². The van der Waals surface area contributed by atoms with E-state index in [1.165, 1.54) is 0 Å². The molecule has 0 aliphatic heterocycles. The van der Waals surface area contributed by atoms with Gasteiger partial charge in [-0.25, -0.2) is 88.0 Å². The Hall–Kier alpha value is -0.800.